The minimum absolute atomic E-state index is 0.00292. The predicted octanol–water partition coefficient (Wildman–Crippen LogP) is 1.37. The Balaban J connectivity index is 2.12. The van der Waals surface area contributed by atoms with Crippen molar-refractivity contribution in [3.8, 4) is 0 Å². The van der Waals surface area contributed by atoms with Gasteiger partial charge in [-0.2, -0.15) is 0 Å². The van der Waals surface area contributed by atoms with Crippen LogP contribution in [0.5, 0.6) is 0 Å². The molecule has 2 rings (SSSR count). The number of rotatable bonds is 5. The highest BCUT2D eigenvalue weighted by Crippen LogP contribution is 2.25. The zero-order valence-electron chi connectivity index (χ0n) is 10.4. The molecule has 5 nitrogen and oxygen atoms in total. The molecule has 0 saturated carbocycles. The van der Waals surface area contributed by atoms with Crippen LogP contribution in [0.15, 0.2) is 12.4 Å². The first-order valence-corrected chi connectivity index (χ1v) is 6.45. The molecule has 5 heteroatoms. The molecule has 2 heterocycles. The van der Waals surface area contributed by atoms with E-state index in [1.54, 1.807) is 0 Å². The second-order valence-corrected chi connectivity index (χ2v) is 4.53. The lowest BCUT2D eigenvalue weighted by atomic mass is 10.0. The highest BCUT2D eigenvalue weighted by molar-refractivity contribution is 5.02. The molecule has 1 aromatic rings. The first-order chi connectivity index (χ1) is 8.36. The van der Waals surface area contributed by atoms with E-state index in [0.717, 1.165) is 38.2 Å². The van der Waals surface area contributed by atoms with Gasteiger partial charge in [-0.3, -0.25) is 5.84 Å². The van der Waals surface area contributed by atoms with Crippen molar-refractivity contribution in [2.45, 2.75) is 51.3 Å². The average molecular weight is 238 g/mol. The quantitative estimate of drug-likeness (QED) is 0.600. The summed E-state index contributed by atoms with van der Waals surface area (Å²) < 4.78 is 7.95. The van der Waals surface area contributed by atoms with Crippen LogP contribution < -0.4 is 11.3 Å². The molecule has 0 radical (unpaired) electrons. The Hall–Kier alpha value is -0.910. The van der Waals surface area contributed by atoms with E-state index in [0.29, 0.717) is 0 Å². The summed E-state index contributed by atoms with van der Waals surface area (Å²) in [5, 5.41) is 0. The molecule has 0 aliphatic carbocycles. The van der Waals surface area contributed by atoms with E-state index in [1.165, 1.54) is 6.42 Å². The number of hydrogen-bond acceptors (Lipinski definition) is 4. The maximum absolute atomic E-state index is 5.79. The van der Waals surface area contributed by atoms with Gasteiger partial charge in [-0.05, 0) is 25.7 Å². The number of hydrogen-bond donors (Lipinski definition) is 2. The largest absolute Gasteiger partial charge is 0.376 e. The van der Waals surface area contributed by atoms with Crippen molar-refractivity contribution in [2.75, 3.05) is 6.61 Å². The minimum atomic E-state index is -0.00292. The second kappa shape index (κ2) is 6.14. The van der Waals surface area contributed by atoms with Crippen LogP contribution in [0.3, 0.4) is 0 Å². The van der Waals surface area contributed by atoms with E-state index < -0.39 is 0 Å². The van der Waals surface area contributed by atoms with Gasteiger partial charge in [-0.1, -0.05) is 6.92 Å². The van der Waals surface area contributed by atoms with Gasteiger partial charge in [0.25, 0.3) is 0 Å². The van der Waals surface area contributed by atoms with Crippen LogP contribution in [0.4, 0.5) is 0 Å². The van der Waals surface area contributed by atoms with Gasteiger partial charge in [-0.15, -0.1) is 0 Å². The van der Waals surface area contributed by atoms with Gasteiger partial charge in [0.1, 0.15) is 11.9 Å². The molecule has 0 aromatic carbocycles. The molecule has 0 bridgehead atoms. The Bertz CT molecular complexity index is 333. The Labute approximate surface area is 102 Å². The van der Waals surface area contributed by atoms with Crippen LogP contribution in [0.2, 0.25) is 0 Å². The zero-order valence-corrected chi connectivity index (χ0v) is 10.4. The predicted molar refractivity (Wildman–Crippen MR) is 66.2 cm³/mol. The smallest absolute Gasteiger partial charge is 0.129 e. The van der Waals surface area contributed by atoms with Gasteiger partial charge in [0, 0.05) is 25.5 Å². The molecule has 1 aliphatic heterocycles. The molecule has 1 fully saturated rings. The van der Waals surface area contributed by atoms with E-state index >= 15 is 0 Å². The van der Waals surface area contributed by atoms with Gasteiger partial charge in [0.2, 0.25) is 0 Å². The van der Waals surface area contributed by atoms with Gasteiger partial charge in [0.05, 0.1) is 6.10 Å². The number of ether oxygens (including phenoxy) is 1. The van der Waals surface area contributed by atoms with E-state index in [4.69, 9.17) is 10.6 Å². The molecule has 1 saturated heterocycles. The van der Waals surface area contributed by atoms with E-state index in [2.05, 4.69) is 21.9 Å². The summed E-state index contributed by atoms with van der Waals surface area (Å²) in [7, 11) is 0. The molecule has 0 amide bonds. The third-order valence-corrected chi connectivity index (χ3v) is 3.26. The van der Waals surface area contributed by atoms with Crippen LogP contribution in [0.25, 0.3) is 0 Å². The summed E-state index contributed by atoms with van der Waals surface area (Å²) in [5.41, 5.74) is 2.86. The standard InChI is InChI=1S/C12H22N4O/c1-2-7-16-8-6-14-12(16)11(15-13)10-5-3-4-9-17-10/h6,8,10-11,15H,2-5,7,9,13H2,1H3. The van der Waals surface area contributed by atoms with Crippen molar-refractivity contribution in [1.29, 1.82) is 0 Å². The van der Waals surface area contributed by atoms with E-state index in [9.17, 15) is 0 Å². The summed E-state index contributed by atoms with van der Waals surface area (Å²) in [6.45, 7) is 3.96. The fraction of sp³-hybridized carbons (Fsp3) is 0.750. The molecule has 96 valence electrons. The number of hydrazine groups is 1. The Morgan fingerprint density at radius 2 is 2.53 bits per heavy atom. The van der Waals surface area contributed by atoms with Crippen LogP contribution in [0.1, 0.15) is 44.5 Å². The van der Waals surface area contributed by atoms with Crippen LogP contribution >= 0.6 is 0 Å². The van der Waals surface area contributed by atoms with Crippen molar-refractivity contribution in [3.05, 3.63) is 18.2 Å². The fourth-order valence-electron chi connectivity index (χ4n) is 2.41. The Kier molecular flexibility index (Phi) is 4.53. The van der Waals surface area contributed by atoms with Crippen molar-refractivity contribution in [1.82, 2.24) is 15.0 Å². The average Bonchev–Trinajstić information content (AvgIpc) is 2.81. The normalized spacial score (nSPS) is 22.6. The lowest BCUT2D eigenvalue weighted by Gasteiger charge is -2.29. The number of nitrogens with zero attached hydrogens (tertiary/aromatic N) is 2. The number of aromatic nitrogens is 2. The molecule has 2 unspecified atom stereocenters. The van der Waals surface area contributed by atoms with Crippen molar-refractivity contribution in [2.24, 2.45) is 5.84 Å². The molecule has 17 heavy (non-hydrogen) atoms. The molecule has 0 spiro atoms. The number of nitrogens with two attached hydrogens (primary N) is 1. The lowest BCUT2D eigenvalue weighted by molar-refractivity contribution is -0.0108. The van der Waals surface area contributed by atoms with Gasteiger partial charge in [-0.25, -0.2) is 10.4 Å². The molecular weight excluding hydrogens is 216 g/mol. The number of nitrogens with one attached hydrogen (secondary N) is 1. The third kappa shape index (κ3) is 2.86. The van der Waals surface area contributed by atoms with Crippen LogP contribution in [-0.4, -0.2) is 22.3 Å². The van der Waals surface area contributed by atoms with E-state index in [-0.39, 0.29) is 12.1 Å². The van der Waals surface area contributed by atoms with Crippen molar-refractivity contribution < 1.29 is 4.74 Å². The number of imidazole rings is 1. The van der Waals surface area contributed by atoms with Crippen LogP contribution in [-0.2, 0) is 11.3 Å². The maximum atomic E-state index is 5.79. The maximum Gasteiger partial charge on any atom is 0.129 e. The first-order valence-electron chi connectivity index (χ1n) is 6.45. The van der Waals surface area contributed by atoms with Gasteiger partial charge >= 0.3 is 0 Å². The molecule has 3 N–H and O–H groups in total. The summed E-state index contributed by atoms with van der Waals surface area (Å²) in [5.74, 6) is 6.66. The minimum Gasteiger partial charge on any atom is -0.376 e. The third-order valence-electron chi connectivity index (χ3n) is 3.26. The van der Waals surface area contributed by atoms with Gasteiger partial charge < -0.3 is 9.30 Å². The van der Waals surface area contributed by atoms with E-state index in [1.807, 2.05) is 12.4 Å². The topological polar surface area (TPSA) is 65.1 Å². The van der Waals surface area contributed by atoms with Crippen molar-refractivity contribution in [3.63, 3.8) is 0 Å². The summed E-state index contributed by atoms with van der Waals surface area (Å²) in [6.07, 6.45) is 8.48. The highest BCUT2D eigenvalue weighted by atomic mass is 16.5. The zero-order chi connectivity index (χ0) is 12.1. The SMILES string of the molecule is CCCn1ccnc1C(NN)C1CCCCO1. The highest BCUT2D eigenvalue weighted by Gasteiger charge is 2.28. The summed E-state index contributed by atoms with van der Waals surface area (Å²) >= 11 is 0. The second-order valence-electron chi connectivity index (χ2n) is 4.53. The molecule has 1 aromatic heterocycles. The van der Waals surface area contributed by atoms with Crippen LogP contribution in [0, 0.1) is 0 Å². The first kappa shape index (κ1) is 12.5. The monoisotopic (exact) mass is 238 g/mol. The molecular formula is C12H22N4O. The number of aryl methyl sites for hydroxylation is 1. The Morgan fingerprint density at radius 3 is 3.18 bits per heavy atom. The van der Waals surface area contributed by atoms with Crippen molar-refractivity contribution >= 4 is 0 Å². The van der Waals surface area contributed by atoms with Gasteiger partial charge in [0.15, 0.2) is 0 Å². The molecule has 1 aliphatic rings. The molecule has 2 atom stereocenters. The summed E-state index contributed by atoms with van der Waals surface area (Å²) in [4.78, 5) is 4.42. The fourth-order valence-corrected chi connectivity index (χ4v) is 2.41. The Morgan fingerprint density at radius 1 is 1.65 bits per heavy atom. The summed E-state index contributed by atoms with van der Waals surface area (Å²) in [6, 6.07) is -0.00292. The lowest BCUT2D eigenvalue weighted by Crippen LogP contribution is -2.41.